The molecule has 0 aliphatic heterocycles. The van der Waals surface area contributed by atoms with Crippen molar-refractivity contribution < 1.29 is 9.90 Å². The number of nitrogens with zero attached hydrogens (tertiary/aromatic N) is 1. The third-order valence-electron chi connectivity index (χ3n) is 12.2. The molecule has 2 heteroatoms. The number of furan rings is 1. The monoisotopic (exact) mass is 793 g/mol. The lowest BCUT2D eigenvalue weighted by molar-refractivity contribution is 0.673. The summed E-state index contributed by atoms with van der Waals surface area (Å²) in [5.74, 6) is 0. The molecule has 1 heterocycles. The Morgan fingerprint density at radius 3 is 1.53 bits per heavy atom. The van der Waals surface area contributed by atoms with Crippen LogP contribution in [0.2, 0.25) is 0 Å². The highest BCUT2D eigenvalue weighted by Gasteiger charge is 2.21. The molecule has 12 aromatic rings. The number of hydrogen-bond donors (Lipinski definition) is 0. The minimum atomic E-state index is -0.144. The molecule has 0 radical (unpaired) electrons. The fourth-order valence-corrected chi connectivity index (χ4v) is 9.18. The largest absolute Gasteiger partial charge is 0.455 e. The number of hydrogen-bond acceptors (Lipinski definition) is 2. The molecule has 0 saturated carbocycles. The maximum absolute atomic E-state index is 9.81. The van der Waals surface area contributed by atoms with Crippen molar-refractivity contribution in [1.82, 2.24) is 0 Å². The molecule has 1 aromatic heterocycles. The topological polar surface area (TPSA) is 16.4 Å². The first-order valence-corrected chi connectivity index (χ1v) is 20.9. The first kappa shape index (κ1) is 31.7. The van der Waals surface area contributed by atoms with Crippen LogP contribution in [-0.4, -0.2) is 0 Å². The Kier molecular flexibility index (Phi) is 7.57. The summed E-state index contributed by atoms with van der Waals surface area (Å²) in [6.45, 7) is 0. The highest BCUT2D eigenvalue weighted by atomic mass is 16.3. The van der Waals surface area contributed by atoms with Gasteiger partial charge in [-0.1, -0.05) is 194 Å². The van der Waals surface area contributed by atoms with Crippen molar-refractivity contribution in [2.45, 2.75) is 0 Å². The zero-order chi connectivity index (χ0) is 44.5. The molecule has 0 saturated heterocycles. The Morgan fingerprint density at radius 2 is 0.839 bits per heavy atom. The van der Waals surface area contributed by atoms with Gasteiger partial charge in [-0.2, -0.15) is 0 Å². The lowest BCUT2D eigenvalue weighted by atomic mass is 9.94. The van der Waals surface area contributed by atoms with Gasteiger partial charge in [-0.25, -0.2) is 0 Å². The summed E-state index contributed by atoms with van der Waals surface area (Å²) < 4.78 is 45.5. The van der Waals surface area contributed by atoms with Crippen LogP contribution in [0.25, 0.3) is 98.8 Å². The molecule has 0 atom stereocenters. The minimum absolute atomic E-state index is 0.118. The second kappa shape index (κ2) is 14.8. The highest BCUT2D eigenvalue weighted by Crippen LogP contribution is 2.46. The molecule has 62 heavy (non-hydrogen) atoms. The standard InChI is InChI=1S/C60H39NO/c1-3-17-49-42(12-1)14-9-21-51(49)44-28-26-40(27-29-44)41-30-35-47(36-31-41)61(48-37-32-45(33-38-48)52-22-10-15-43-13-2-4-18-50(43)52)57-24-7-5-19-53(57)55-23-11-16-46-34-39-56-54-20-6-8-25-58(54)62-60(56)59(46)55/h1-39H/i30D,31D,35D,36D. The summed E-state index contributed by atoms with van der Waals surface area (Å²) in [6, 6.07) is 71.2. The van der Waals surface area contributed by atoms with Gasteiger partial charge in [0.15, 0.2) is 0 Å². The zero-order valence-corrected chi connectivity index (χ0v) is 33.6. The summed E-state index contributed by atoms with van der Waals surface area (Å²) >= 11 is 0. The van der Waals surface area contributed by atoms with Gasteiger partial charge in [0.05, 0.1) is 11.2 Å². The average molecular weight is 794 g/mol. The van der Waals surface area contributed by atoms with E-state index in [0.29, 0.717) is 16.9 Å². The van der Waals surface area contributed by atoms with Gasteiger partial charge in [0.1, 0.15) is 11.2 Å². The molecule has 0 aliphatic carbocycles. The van der Waals surface area contributed by atoms with E-state index in [4.69, 9.17) is 4.42 Å². The molecule has 0 bridgehead atoms. The lowest BCUT2D eigenvalue weighted by Crippen LogP contribution is -2.11. The normalized spacial score (nSPS) is 12.5. The van der Waals surface area contributed by atoms with Crippen LogP contribution in [0.1, 0.15) is 5.48 Å². The van der Waals surface area contributed by atoms with Crippen molar-refractivity contribution in [3.63, 3.8) is 0 Å². The van der Waals surface area contributed by atoms with Crippen molar-refractivity contribution in [2.75, 3.05) is 4.90 Å². The Balaban J connectivity index is 1.05. The summed E-state index contributed by atoms with van der Waals surface area (Å²) in [4.78, 5) is 1.90. The van der Waals surface area contributed by atoms with Crippen LogP contribution in [0.15, 0.2) is 241 Å². The van der Waals surface area contributed by atoms with Crippen LogP contribution in [0, 0.1) is 0 Å². The Morgan fingerprint density at radius 1 is 0.323 bits per heavy atom. The molecular formula is C60H39NO. The quantitative estimate of drug-likeness (QED) is 0.160. The van der Waals surface area contributed by atoms with Gasteiger partial charge >= 0.3 is 0 Å². The summed E-state index contributed by atoms with van der Waals surface area (Å²) in [5.41, 5.74) is 9.96. The van der Waals surface area contributed by atoms with Crippen LogP contribution in [0.4, 0.5) is 17.1 Å². The van der Waals surface area contributed by atoms with Crippen molar-refractivity contribution in [3.05, 3.63) is 236 Å². The average Bonchev–Trinajstić information content (AvgIpc) is 3.76. The van der Waals surface area contributed by atoms with E-state index in [9.17, 15) is 5.48 Å². The van der Waals surface area contributed by atoms with E-state index in [1.165, 1.54) is 0 Å². The van der Waals surface area contributed by atoms with E-state index < -0.39 is 0 Å². The lowest BCUT2D eigenvalue weighted by Gasteiger charge is -2.28. The van der Waals surface area contributed by atoms with Crippen LogP contribution in [0.5, 0.6) is 0 Å². The fraction of sp³-hybridized carbons (Fsp3) is 0. The SMILES string of the molecule is [2H]c1c([2H])c(N(c2ccc(-c3cccc4ccccc34)cc2)c2ccccc2-c2cccc3ccc4c5ccccc5oc4c23)c([2H])c([2H])c1-c1ccc(-c2cccc3ccccc23)cc1. The number of rotatable bonds is 7. The van der Waals surface area contributed by atoms with Crippen LogP contribution >= 0.6 is 0 Å². The van der Waals surface area contributed by atoms with E-state index in [2.05, 4.69) is 109 Å². The molecule has 0 aliphatic rings. The highest BCUT2D eigenvalue weighted by molar-refractivity contribution is 6.19. The van der Waals surface area contributed by atoms with Crippen molar-refractivity contribution in [2.24, 2.45) is 0 Å². The fourth-order valence-electron chi connectivity index (χ4n) is 9.18. The van der Waals surface area contributed by atoms with Crippen molar-refractivity contribution in [1.29, 1.82) is 0 Å². The molecule has 0 fully saturated rings. The Hall–Kier alpha value is -8.20. The second-order valence-electron chi connectivity index (χ2n) is 15.7. The van der Waals surface area contributed by atoms with E-state index in [1.807, 2.05) is 108 Å². The van der Waals surface area contributed by atoms with Crippen molar-refractivity contribution in [3.8, 4) is 44.5 Å². The van der Waals surface area contributed by atoms with Gasteiger partial charge in [0, 0.05) is 33.1 Å². The van der Waals surface area contributed by atoms with Gasteiger partial charge < -0.3 is 9.32 Å². The minimum Gasteiger partial charge on any atom is -0.455 e. The molecular weight excluding hydrogens is 751 g/mol. The van der Waals surface area contributed by atoms with Crippen LogP contribution in [0.3, 0.4) is 0 Å². The molecule has 0 spiro atoms. The number of para-hydroxylation sites is 2. The molecule has 2 nitrogen and oxygen atoms in total. The van der Waals surface area contributed by atoms with E-state index in [1.54, 1.807) is 0 Å². The molecule has 11 aromatic carbocycles. The summed E-state index contributed by atoms with van der Waals surface area (Å²) in [6.07, 6.45) is 0. The van der Waals surface area contributed by atoms with Gasteiger partial charge in [-0.3, -0.25) is 0 Å². The summed E-state index contributed by atoms with van der Waals surface area (Å²) in [7, 11) is 0. The third-order valence-corrected chi connectivity index (χ3v) is 12.2. The van der Waals surface area contributed by atoms with Gasteiger partial charge in [0.25, 0.3) is 0 Å². The van der Waals surface area contributed by atoms with Gasteiger partial charge in [-0.15, -0.1) is 0 Å². The van der Waals surface area contributed by atoms with Crippen molar-refractivity contribution >= 4 is 71.3 Å². The number of benzene rings is 11. The first-order chi connectivity index (χ1) is 32.4. The third kappa shape index (κ3) is 6.04. The predicted octanol–water partition coefficient (Wildman–Crippen LogP) is 17.2. The molecule has 0 unspecified atom stereocenters. The smallest absolute Gasteiger partial charge is 0.143 e. The number of fused-ring (bicyclic) bond motifs is 7. The molecule has 290 valence electrons. The van der Waals surface area contributed by atoms with E-state index in [-0.39, 0.29) is 35.4 Å². The van der Waals surface area contributed by atoms with Gasteiger partial charge in [0.2, 0.25) is 0 Å². The predicted molar refractivity (Wildman–Crippen MR) is 263 cm³/mol. The molecule has 12 rings (SSSR count). The van der Waals surface area contributed by atoms with Crippen LogP contribution in [-0.2, 0) is 0 Å². The number of anilines is 3. The maximum Gasteiger partial charge on any atom is 0.143 e. The maximum atomic E-state index is 9.81. The van der Waals surface area contributed by atoms with Gasteiger partial charge in [-0.05, 0) is 108 Å². The van der Waals surface area contributed by atoms with E-state index >= 15 is 0 Å². The zero-order valence-electron chi connectivity index (χ0n) is 37.6. The molecule has 0 N–H and O–H groups in total. The molecule has 0 amide bonds. The summed E-state index contributed by atoms with van der Waals surface area (Å²) in [5, 5.41) is 8.59. The Labute approximate surface area is 365 Å². The first-order valence-electron chi connectivity index (χ1n) is 22.9. The van der Waals surface area contributed by atoms with E-state index in [0.717, 1.165) is 87.6 Å². The Bertz CT molecular complexity index is 3830. The second-order valence-corrected chi connectivity index (χ2v) is 15.7. The van der Waals surface area contributed by atoms with Crippen LogP contribution < -0.4 is 4.90 Å².